The maximum atomic E-state index is 5.14. The van der Waals surface area contributed by atoms with Gasteiger partial charge in [0.05, 0.1) is 0 Å². The molecule has 1 rings (SSSR count). The molecule has 0 fully saturated rings. The van der Waals surface area contributed by atoms with Gasteiger partial charge in [0.2, 0.25) is 0 Å². The third-order valence-electron chi connectivity index (χ3n) is 1.97. The first-order valence-electron chi connectivity index (χ1n) is 4.94. The zero-order valence-corrected chi connectivity index (χ0v) is 11.3. The van der Waals surface area contributed by atoms with Crippen molar-refractivity contribution in [1.29, 1.82) is 0 Å². The summed E-state index contributed by atoms with van der Waals surface area (Å²) < 4.78 is 1.09. The van der Waals surface area contributed by atoms with E-state index < -0.39 is 0 Å². The third kappa shape index (κ3) is 4.18. The molecule has 0 aliphatic rings. The van der Waals surface area contributed by atoms with Crippen LogP contribution in [0.5, 0.6) is 0 Å². The molecule has 0 unspecified atom stereocenters. The van der Waals surface area contributed by atoms with E-state index in [9.17, 15) is 0 Å². The predicted molar refractivity (Wildman–Crippen MR) is 73.4 cm³/mol. The number of benzene rings is 1. The molecule has 15 heavy (non-hydrogen) atoms. The Morgan fingerprint density at radius 2 is 2.20 bits per heavy atom. The molecule has 1 aromatic carbocycles. The number of hydrogen-bond acceptors (Lipinski definition) is 1. The van der Waals surface area contributed by atoms with Gasteiger partial charge < -0.3 is 10.6 Å². The minimum Gasteiger partial charge on any atom is -0.362 e. The van der Waals surface area contributed by atoms with E-state index in [1.807, 2.05) is 12.1 Å². The SMILES string of the molecule is CCCNC(=S)Nc1ccc(C)c(Br)c1. The zero-order chi connectivity index (χ0) is 11.3. The van der Waals surface area contributed by atoms with Crippen LogP contribution in [0.3, 0.4) is 0 Å². The maximum Gasteiger partial charge on any atom is 0.170 e. The van der Waals surface area contributed by atoms with Crippen LogP contribution in [0, 0.1) is 6.92 Å². The highest BCUT2D eigenvalue weighted by atomic mass is 79.9. The number of aryl methyl sites for hydroxylation is 1. The molecule has 0 atom stereocenters. The highest BCUT2D eigenvalue weighted by Crippen LogP contribution is 2.20. The van der Waals surface area contributed by atoms with Gasteiger partial charge in [-0.15, -0.1) is 0 Å². The molecule has 2 N–H and O–H groups in total. The lowest BCUT2D eigenvalue weighted by molar-refractivity contribution is 0.846. The second-order valence-corrected chi connectivity index (χ2v) is 4.61. The van der Waals surface area contributed by atoms with Crippen LogP contribution in [-0.4, -0.2) is 11.7 Å². The lowest BCUT2D eigenvalue weighted by Gasteiger charge is -2.10. The van der Waals surface area contributed by atoms with Crippen molar-refractivity contribution in [3.05, 3.63) is 28.2 Å². The van der Waals surface area contributed by atoms with Crippen LogP contribution >= 0.6 is 28.1 Å². The monoisotopic (exact) mass is 286 g/mol. The molecular formula is C11H15BrN2S. The van der Waals surface area contributed by atoms with Crippen molar-refractivity contribution < 1.29 is 0 Å². The average molecular weight is 287 g/mol. The van der Waals surface area contributed by atoms with E-state index in [0.29, 0.717) is 5.11 Å². The molecule has 0 spiro atoms. The van der Waals surface area contributed by atoms with Gasteiger partial charge in [0.25, 0.3) is 0 Å². The first-order valence-corrected chi connectivity index (χ1v) is 6.14. The summed E-state index contributed by atoms with van der Waals surface area (Å²) in [6.07, 6.45) is 1.07. The van der Waals surface area contributed by atoms with E-state index in [1.165, 1.54) is 5.56 Å². The highest BCUT2D eigenvalue weighted by molar-refractivity contribution is 9.10. The fourth-order valence-electron chi connectivity index (χ4n) is 1.08. The highest BCUT2D eigenvalue weighted by Gasteiger charge is 1.99. The Morgan fingerprint density at radius 1 is 1.47 bits per heavy atom. The number of hydrogen-bond donors (Lipinski definition) is 2. The summed E-state index contributed by atoms with van der Waals surface area (Å²) in [7, 11) is 0. The summed E-state index contributed by atoms with van der Waals surface area (Å²) in [6.45, 7) is 5.07. The van der Waals surface area contributed by atoms with E-state index in [0.717, 1.165) is 23.1 Å². The van der Waals surface area contributed by atoms with E-state index in [2.05, 4.69) is 46.5 Å². The molecule has 0 heterocycles. The second-order valence-electron chi connectivity index (χ2n) is 3.34. The van der Waals surface area contributed by atoms with Crippen LogP contribution in [0.1, 0.15) is 18.9 Å². The summed E-state index contributed by atoms with van der Waals surface area (Å²) in [5, 5.41) is 6.93. The Hall–Kier alpha value is -0.610. The van der Waals surface area contributed by atoms with Crippen LogP contribution in [0.2, 0.25) is 0 Å². The summed E-state index contributed by atoms with van der Waals surface area (Å²) in [5.41, 5.74) is 2.22. The van der Waals surface area contributed by atoms with Crippen molar-refractivity contribution in [2.75, 3.05) is 11.9 Å². The van der Waals surface area contributed by atoms with Crippen molar-refractivity contribution in [2.45, 2.75) is 20.3 Å². The quantitative estimate of drug-likeness (QED) is 0.833. The Morgan fingerprint density at radius 3 is 2.80 bits per heavy atom. The molecule has 0 saturated carbocycles. The van der Waals surface area contributed by atoms with Crippen LogP contribution < -0.4 is 10.6 Å². The third-order valence-corrected chi connectivity index (χ3v) is 3.07. The molecule has 2 nitrogen and oxygen atoms in total. The first kappa shape index (κ1) is 12.5. The van der Waals surface area contributed by atoms with Crippen LogP contribution in [-0.2, 0) is 0 Å². The Labute approximate surface area is 105 Å². The molecule has 0 saturated heterocycles. The topological polar surface area (TPSA) is 24.1 Å². The summed E-state index contributed by atoms with van der Waals surface area (Å²) >= 11 is 8.63. The lowest BCUT2D eigenvalue weighted by atomic mass is 10.2. The van der Waals surface area contributed by atoms with Crippen molar-refractivity contribution in [3.63, 3.8) is 0 Å². The smallest absolute Gasteiger partial charge is 0.170 e. The van der Waals surface area contributed by atoms with Crippen LogP contribution in [0.15, 0.2) is 22.7 Å². The standard InChI is InChI=1S/C11H15BrN2S/c1-3-6-13-11(15)14-9-5-4-8(2)10(12)7-9/h4-5,7H,3,6H2,1-2H3,(H2,13,14,15). The van der Waals surface area contributed by atoms with Gasteiger partial charge >= 0.3 is 0 Å². The van der Waals surface area contributed by atoms with Gasteiger partial charge in [-0.2, -0.15) is 0 Å². The Balaban J connectivity index is 2.57. The molecular weight excluding hydrogens is 272 g/mol. The van der Waals surface area contributed by atoms with Crippen LogP contribution in [0.4, 0.5) is 5.69 Å². The fourth-order valence-corrected chi connectivity index (χ4v) is 1.68. The molecule has 0 aliphatic carbocycles. The molecule has 1 aromatic rings. The van der Waals surface area contributed by atoms with E-state index in [-0.39, 0.29) is 0 Å². The number of halogens is 1. The summed E-state index contributed by atoms with van der Waals surface area (Å²) in [5.74, 6) is 0. The fraction of sp³-hybridized carbons (Fsp3) is 0.364. The Bertz CT molecular complexity index is 352. The van der Waals surface area contributed by atoms with E-state index in [1.54, 1.807) is 0 Å². The number of anilines is 1. The van der Waals surface area contributed by atoms with Gasteiger partial charge in [0.15, 0.2) is 5.11 Å². The van der Waals surface area contributed by atoms with E-state index in [4.69, 9.17) is 12.2 Å². The molecule has 0 amide bonds. The lowest BCUT2D eigenvalue weighted by Crippen LogP contribution is -2.28. The molecule has 4 heteroatoms. The average Bonchev–Trinajstić information content (AvgIpc) is 2.20. The second kappa shape index (κ2) is 6.08. The number of thiocarbonyl (C=S) groups is 1. The molecule has 82 valence electrons. The number of rotatable bonds is 3. The van der Waals surface area contributed by atoms with Crippen molar-refractivity contribution in [3.8, 4) is 0 Å². The van der Waals surface area contributed by atoms with Crippen molar-refractivity contribution >= 4 is 38.9 Å². The molecule has 0 bridgehead atoms. The van der Waals surface area contributed by atoms with E-state index >= 15 is 0 Å². The van der Waals surface area contributed by atoms with Gasteiger partial charge in [-0.1, -0.05) is 28.9 Å². The van der Waals surface area contributed by atoms with Gasteiger partial charge in [0, 0.05) is 16.7 Å². The number of nitrogens with one attached hydrogen (secondary N) is 2. The maximum absolute atomic E-state index is 5.14. The zero-order valence-electron chi connectivity index (χ0n) is 8.93. The molecule has 0 aliphatic heterocycles. The largest absolute Gasteiger partial charge is 0.362 e. The summed E-state index contributed by atoms with van der Waals surface area (Å²) in [4.78, 5) is 0. The normalized spacial score (nSPS) is 9.80. The molecule has 0 radical (unpaired) electrons. The van der Waals surface area contributed by atoms with Gasteiger partial charge in [-0.25, -0.2) is 0 Å². The van der Waals surface area contributed by atoms with Gasteiger partial charge in [-0.05, 0) is 43.3 Å². The minimum atomic E-state index is 0.674. The minimum absolute atomic E-state index is 0.674. The summed E-state index contributed by atoms with van der Waals surface area (Å²) in [6, 6.07) is 6.09. The van der Waals surface area contributed by atoms with Gasteiger partial charge in [-0.3, -0.25) is 0 Å². The van der Waals surface area contributed by atoms with Crippen molar-refractivity contribution in [2.24, 2.45) is 0 Å². The van der Waals surface area contributed by atoms with Gasteiger partial charge in [0.1, 0.15) is 0 Å². The first-order chi connectivity index (χ1) is 7.13. The van der Waals surface area contributed by atoms with Crippen LogP contribution in [0.25, 0.3) is 0 Å². The van der Waals surface area contributed by atoms with Crippen molar-refractivity contribution in [1.82, 2.24) is 5.32 Å². The Kier molecular flexibility index (Phi) is 5.05. The molecule has 0 aromatic heterocycles. The predicted octanol–water partition coefficient (Wildman–Crippen LogP) is 3.45.